The van der Waals surface area contributed by atoms with Crippen molar-refractivity contribution in [2.45, 2.75) is 58.0 Å². The molecule has 1 aliphatic heterocycles. The Morgan fingerprint density at radius 3 is 2.80 bits per heavy atom. The van der Waals surface area contributed by atoms with Gasteiger partial charge in [-0.05, 0) is 27.7 Å². The van der Waals surface area contributed by atoms with Crippen molar-refractivity contribution in [3.63, 3.8) is 0 Å². The Balaban J connectivity index is 2.09. The van der Waals surface area contributed by atoms with Crippen LogP contribution in [0.1, 0.15) is 40.3 Å². The first-order valence-electron chi connectivity index (χ1n) is 7.31. The second-order valence-corrected chi connectivity index (χ2v) is 7.97. The highest BCUT2D eigenvalue weighted by atomic mass is 32.2. The summed E-state index contributed by atoms with van der Waals surface area (Å²) in [5.41, 5.74) is 1.11. The van der Waals surface area contributed by atoms with Crippen molar-refractivity contribution in [3.8, 4) is 0 Å². The highest BCUT2D eigenvalue weighted by molar-refractivity contribution is 8.00. The van der Waals surface area contributed by atoms with Gasteiger partial charge in [-0.25, -0.2) is 4.98 Å². The van der Waals surface area contributed by atoms with E-state index in [1.165, 1.54) is 0 Å². The van der Waals surface area contributed by atoms with E-state index in [1.807, 2.05) is 24.2 Å². The third-order valence-corrected chi connectivity index (χ3v) is 4.99. The third kappa shape index (κ3) is 4.09. The molecule has 4 nitrogen and oxygen atoms in total. The van der Waals surface area contributed by atoms with Gasteiger partial charge in [-0.1, -0.05) is 6.92 Å². The predicted molar refractivity (Wildman–Crippen MR) is 87.4 cm³/mol. The van der Waals surface area contributed by atoms with Crippen molar-refractivity contribution in [1.82, 2.24) is 15.3 Å². The van der Waals surface area contributed by atoms with Crippen LogP contribution >= 0.6 is 11.8 Å². The molecule has 2 heterocycles. The molecule has 0 radical (unpaired) electrons. The Labute approximate surface area is 126 Å². The fourth-order valence-electron chi connectivity index (χ4n) is 2.23. The molecule has 5 heteroatoms. The maximum atomic E-state index is 4.78. The first-order chi connectivity index (χ1) is 9.37. The molecule has 0 bridgehead atoms. The summed E-state index contributed by atoms with van der Waals surface area (Å²) in [5.74, 6) is 2.18. The summed E-state index contributed by atoms with van der Waals surface area (Å²) < 4.78 is 0. The van der Waals surface area contributed by atoms with Crippen LogP contribution in [0.5, 0.6) is 0 Å². The fraction of sp³-hybridized carbons (Fsp3) is 0.733. The molecule has 2 unspecified atom stereocenters. The molecule has 1 aliphatic rings. The number of nitrogens with zero attached hydrogens (tertiary/aromatic N) is 3. The second-order valence-electron chi connectivity index (χ2n) is 6.48. The van der Waals surface area contributed by atoms with E-state index < -0.39 is 0 Å². The lowest BCUT2D eigenvalue weighted by Gasteiger charge is -2.38. The van der Waals surface area contributed by atoms with Crippen molar-refractivity contribution < 1.29 is 0 Å². The van der Waals surface area contributed by atoms with E-state index in [2.05, 4.69) is 49.8 Å². The average Bonchev–Trinajstić information content (AvgIpc) is 2.39. The molecule has 1 saturated heterocycles. The van der Waals surface area contributed by atoms with E-state index in [9.17, 15) is 0 Å². The van der Waals surface area contributed by atoms with Gasteiger partial charge in [0.05, 0.1) is 11.9 Å². The van der Waals surface area contributed by atoms with Crippen molar-refractivity contribution in [2.75, 3.05) is 17.2 Å². The monoisotopic (exact) mass is 294 g/mol. The second kappa shape index (κ2) is 6.31. The van der Waals surface area contributed by atoms with Crippen molar-refractivity contribution in [3.05, 3.63) is 18.1 Å². The number of hydrogen-bond donors (Lipinski definition) is 1. The molecule has 0 amide bonds. The quantitative estimate of drug-likeness (QED) is 0.928. The summed E-state index contributed by atoms with van der Waals surface area (Å²) in [6.07, 6.45) is 3.74. The van der Waals surface area contributed by atoms with E-state index >= 15 is 0 Å². The minimum atomic E-state index is 0.0985. The van der Waals surface area contributed by atoms with Gasteiger partial charge in [0, 0.05) is 41.9 Å². The summed E-state index contributed by atoms with van der Waals surface area (Å²) in [6, 6.07) is 0.508. The number of hydrogen-bond acceptors (Lipinski definition) is 5. The maximum Gasteiger partial charge on any atom is 0.147 e. The molecule has 20 heavy (non-hydrogen) atoms. The van der Waals surface area contributed by atoms with Gasteiger partial charge >= 0.3 is 0 Å². The molecule has 112 valence electrons. The molecular weight excluding hydrogens is 268 g/mol. The van der Waals surface area contributed by atoms with Crippen LogP contribution in [-0.4, -0.2) is 39.1 Å². The van der Waals surface area contributed by atoms with Crippen LogP contribution in [0, 0.1) is 0 Å². The molecule has 2 rings (SSSR count). The molecule has 2 atom stereocenters. The zero-order chi connectivity index (χ0) is 14.8. The smallest absolute Gasteiger partial charge is 0.147 e. The van der Waals surface area contributed by atoms with E-state index in [4.69, 9.17) is 4.98 Å². The van der Waals surface area contributed by atoms with Gasteiger partial charge in [0.1, 0.15) is 5.82 Å². The highest BCUT2D eigenvalue weighted by Crippen LogP contribution is 2.27. The molecule has 1 fully saturated rings. The number of nitrogens with one attached hydrogen (secondary N) is 1. The minimum absolute atomic E-state index is 0.0985. The Kier molecular flexibility index (Phi) is 4.91. The van der Waals surface area contributed by atoms with Crippen molar-refractivity contribution >= 4 is 17.6 Å². The SMILES string of the molecule is CC1SCCN(c2cncc(CNC(C)(C)C)n2)C1C. The van der Waals surface area contributed by atoms with E-state index in [0.717, 1.165) is 30.4 Å². The molecular formula is C15H26N4S. The van der Waals surface area contributed by atoms with Crippen LogP contribution in [0.3, 0.4) is 0 Å². The lowest BCUT2D eigenvalue weighted by molar-refractivity contribution is 0.420. The van der Waals surface area contributed by atoms with Crippen LogP contribution in [0.15, 0.2) is 12.4 Å². The summed E-state index contributed by atoms with van der Waals surface area (Å²) in [7, 11) is 0. The van der Waals surface area contributed by atoms with Gasteiger partial charge in [-0.15, -0.1) is 0 Å². The topological polar surface area (TPSA) is 41.1 Å². The maximum absolute atomic E-state index is 4.78. The average molecular weight is 294 g/mol. The normalized spacial score (nSPS) is 23.9. The Morgan fingerprint density at radius 2 is 2.10 bits per heavy atom. The molecule has 1 aromatic rings. The fourth-order valence-corrected chi connectivity index (χ4v) is 3.33. The zero-order valence-corrected chi connectivity index (χ0v) is 14.0. The van der Waals surface area contributed by atoms with E-state index in [1.54, 1.807) is 0 Å². The number of anilines is 1. The summed E-state index contributed by atoms with van der Waals surface area (Å²) in [5, 5.41) is 4.10. The molecule has 1 N–H and O–H groups in total. The Hall–Kier alpha value is -0.810. The van der Waals surface area contributed by atoms with E-state index in [-0.39, 0.29) is 5.54 Å². The summed E-state index contributed by atoms with van der Waals surface area (Å²) >= 11 is 2.04. The Bertz CT molecular complexity index is 444. The van der Waals surface area contributed by atoms with Crippen LogP contribution < -0.4 is 10.2 Å². The van der Waals surface area contributed by atoms with Crippen LogP contribution in [0.25, 0.3) is 0 Å². The molecule has 0 spiro atoms. The number of thioether (sulfide) groups is 1. The van der Waals surface area contributed by atoms with Gasteiger partial charge in [-0.3, -0.25) is 4.98 Å². The summed E-state index contributed by atoms with van der Waals surface area (Å²) in [4.78, 5) is 11.5. The van der Waals surface area contributed by atoms with Crippen molar-refractivity contribution in [2.24, 2.45) is 0 Å². The van der Waals surface area contributed by atoms with Gasteiger partial charge in [0.2, 0.25) is 0 Å². The Morgan fingerprint density at radius 1 is 1.35 bits per heavy atom. The first-order valence-corrected chi connectivity index (χ1v) is 8.36. The predicted octanol–water partition coefficient (Wildman–Crippen LogP) is 2.69. The van der Waals surface area contributed by atoms with Crippen LogP contribution in [-0.2, 0) is 6.54 Å². The van der Waals surface area contributed by atoms with Gasteiger partial charge in [-0.2, -0.15) is 11.8 Å². The number of rotatable bonds is 3. The minimum Gasteiger partial charge on any atom is -0.351 e. The van der Waals surface area contributed by atoms with E-state index in [0.29, 0.717) is 11.3 Å². The third-order valence-electron chi connectivity index (χ3n) is 3.65. The first kappa shape index (κ1) is 15.6. The molecule has 0 aromatic carbocycles. The summed E-state index contributed by atoms with van der Waals surface area (Å²) in [6.45, 7) is 12.9. The number of aromatic nitrogens is 2. The van der Waals surface area contributed by atoms with Gasteiger partial charge < -0.3 is 10.2 Å². The van der Waals surface area contributed by atoms with Gasteiger partial charge in [0.25, 0.3) is 0 Å². The lowest BCUT2D eigenvalue weighted by atomic mass is 10.1. The van der Waals surface area contributed by atoms with Crippen LogP contribution in [0.4, 0.5) is 5.82 Å². The largest absolute Gasteiger partial charge is 0.351 e. The van der Waals surface area contributed by atoms with Gasteiger partial charge in [0.15, 0.2) is 0 Å². The standard InChI is InChI=1S/C15H26N4S/c1-11-12(2)20-7-6-19(11)14-10-16-8-13(18-14)9-17-15(3,4)5/h8,10-12,17H,6-7,9H2,1-5H3. The molecule has 0 saturated carbocycles. The molecule has 0 aliphatic carbocycles. The lowest BCUT2D eigenvalue weighted by Crippen LogP contribution is -2.45. The van der Waals surface area contributed by atoms with Crippen molar-refractivity contribution in [1.29, 1.82) is 0 Å². The van der Waals surface area contributed by atoms with Crippen LogP contribution in [0.2, 0.25) is 0 Å². The zero-order valence-electron chi connectivity index (χ0n) is 13.2. The highest BCUT2D eigenvalue weighted by Gasteiger charge is 2.26. The molecule has 1 aromatic heterocycles.